The lowest BCUT2D eigenvalue weighted by Crippen LogP contribution is -2.40. The van der Waals surface area contributed by atoms with Gasteiger partial charge in [-0.25, -0.2) is 0 Å². The van der Waals surface area contributed by atoms with E-state index in [4.69, 9.17) is 0 Å². The van der Waals surface area contributed by atoms with Gasteiger partial charge >= 0.3 is 0 Å². The third kappa shape index (κ3) is 4.67. The van der Waals surface area contributed by atoms with Gasteiger partial charge in [0, 0.05) is 11.3 Å². The number of nitrogens with one attached hydrogen (secondary N) is 1. The Labute approximate surface area is 106 Å². The van der Waals surface area contributed by atoms with Crippen LogP contribution in [-0.4, -0.2) is 24.1 Å². The first kappa shape index (κ1) is 14.4. The van der Waals surface area contributed by atoms with Crippen LogP contribution in [0.25, 0.3) is 0 Å². The molecule has 0 bridgehead atoms. The Bertz CT molecular complexity index is 182. The molecule has 16 heavy (non-hydrogen) atoms. The van der Waals surface area contributed by atoms with Gasteiger partial charge in [-0.3, -0.25) is 0 Å². The lowest BCUT2D eigenvalue weighted by Gasteiger charge is -2.35. The largest absolute Gasteiger partial charge is 0.316 e. The molecule has 0 radical (unpaired) electrons. The molecule has 3 atom stereocenters. The SMILES string of the molecule is CCC1CCC(NC)C(SCCC(C)C)C1. The van der Waals surface area contributed by atoms with E-state index in [1.165, 1.54) is 37.9 Å². The average molecular weight is 243 g/mol. The normalized spacial score (nSPS) is 30.9. The van der Waals surface area contributed by atoms with Gasteiger partial charge < -0.3 is 5.32 Å². The lowest BCUT2D eigenvalue weighted by molar-refractivity contribution is 0.304. The monoisotopic (exact) mass is 243 g/mol. The van der Waals surface area contributed by atoms with Gasteiger partial charge in [-0.1, -0.05) is 27.2 Å². The van der Waals surface area contributed by atoms with Gasteiger partial charge in [-0.2, -0.15) is 11.8 Å². The van der Waals surface area contributed by atoms with Crippen molar-refractivity contribution >= 4 is 11.8 Å². The topological polar surface area (TPSA) is 12.0 Å². The molecular formula is C14H29NS. The van der Waals surface area contributed by atoms with Crippen LogP contribution in [0.3, 0.4) is 0 Å². The Morgan fingerprint density at radius 3 is 2.62 bits per heavy atom. The van der Waals surface area contributed by atoms with Crippen LogP contribution in [0.2, 0.25) is 0 Å². The van der Waals surface area contributed by atoms with E-state index in [-0.39, 0.29) is 0 Å². The summed E-state index contributed by atoms with van der Waals surface area (Å²) in [5.74, 6) is 3.18. The number of thioether (sulfide) groups is 1. The average Bonchev–Trinajstić information content (AvgIpc) is 2.28. The van der Waals surface area contributed by atoms with E-state index < -0.39 is 0 Å². The van der Waals surface area contributed by atoms with Crippen LogP contribution in [0, 0.1) is 11.8 Å². The Balaban J connectivity index is 2.33. The number of rotatable bonds is 6. The molecular weight excluding hydrogens is 214 g/mol. The Morgan fingerprint density at radius 1 is 1.31 bits per heavy atom. The summed E-state index contributed by atoms with van der Waals surface area (Å²) in [4.78, 5) is 0. The van der Waals surface area contributed by atoms with Crippen molar-refractivity contribution < 1.29 is 0 Å². The summed E-state index contributed by atoms with van der Waals surface area (Å²) in [6, 6.07) is 0.764. The molecule has 0 aromatic rings. The quantitative estimate of drug-likeness (QED) is 0.758. The molecule has 1 aliphatic carbocycles. The summed E-state index contributed by atoms with van der Waals surface area (Å²) >= 11 is 2.22. The molecule has 1 saturated carbocycles. The molecule has 2 heteroatoms. The molecule has 0 saturated heterocycles. The van der Waals surface area contributed by atoms with Crippen molar-refractivity contribution in [3.63, 3.8) is 0 Å². The molecule has 0 heterocycles. The third-order valence-electron chi connectivity index (χ3n) is 3.88. The van der Waals surface area contributed by atoms with Crippen LogP contribution >= 0.6 is 11.8 Å². The van der Waals surface area contributed by atoms with Crippen molar-refractivity contribution in [2.45, 2.75) is 64.2 Å². The minimum atomic E-state index is 0.764. The zero-order chi connectivity index (χ0) is 12.0. The first-order valence-corrected chi connectivity index (χ1v) is 8.01. The summed E-state index contributed by atoms with van der Waals surface area (Å²) in [5, 5.41) is 4.38. The molecule has 1 N–H and O–H groups in total. The molecule has 96 valence electrons. The highest BCUT2D eigenvalue weighted by molar-refractivity contribution is 7.99. The van der Waals surface area contributed by atoms with Crippen molar-refractivity contribution in [3.8, 4) is 0 Å². The smallest absolute Gasteiger partial charge is 0.0203 e. The van der Waals surface area contributed by atoms with Crippen LogP contribution in [0.1, 0.15) is 52.9 Å². The molecule has 0 spiro atoms. The van der Waals surface area contributed by atoms with Crippen LogP contribution < -0.4 is 5.32 Å². The Morgan fingerprint density at radius 2 is 2.06 bits per heavy atom. The first-order valence-electron chi connectivity index (χ1n) is 6.96. The van der Waals surface area contributed by atoms with E-state index in [1.807, 2.05) is 0 Å². The highest BCUT2D eigenvalue weighted by atomic mass is 32.2. The van der Waals surface area contributed by atoms with E-state index in [0.29, 0.717) is 0 Å². The van der Waals surface area contributed by atoms with Gasteiger partial charge in [-0.15, -0.1) is 0 Å². The Hall–Kier alpha value is 0.310. The van der Waals surface area contributed by atoms with Gasteiger partial charge in [-0.05, 0) is 50.3 Å². The van der Waals surface area contributed by atoms with Crippen molar-refractivity contribution in [1.82, 2.24) is 5.32 Å². The molecule has 0 amide bonds. The highest BCUT2D eigenvalue weighted by Crippen LogP contribution is 2.34. The summed E-state index contributed by atoms with van der Waals surface area (Å²) in [6.07, 6.45) is 6.99. The predicted octanol–water partition coefficient (Wildman–Crippen LogP) is 3.93. The predicted molar refractivity (Wildman–Crippen MR) is 76.2 cm³/mol. The van der Waals surface area contributed by atoms with Gasteiger partial charge in [0.25, 0.3) is 0 Å². The van der Waals surface area contributed by atoms with Crippen LogP contribution in [-0.2, 0) is 0 Å². The van der Waals surface area contributed by atoms with Crippen molar-refractivity contribution in [3.05, 3.63) is 0 Å². The molecule has 0 aliphatic heterocycles. The van der Waals surface area contributed by atoms with E-state index in [1.54, 1.807) is 0 Å². The molecule has 0 aromatic heterocycles. The molecule has 1 rings (SSSR count). The fourth-order valence-corrected chi connectivity index (χ4v) is 4.38. The lowest BCUT2D eigenvalue weighted by atomic mass is 9.84. The molecule has 0 aromatic carbocycles. The Kier molecular flexibility index (Phi) is 6.83. The standard InChI is InChI=1S/C14H29NS/c1-5-12-6-7-13(15-4)14(10-12)16-9-8-11(2)3/h11-15H,5-10H2,1-4H3. The van der Waals surface area contributed by atoms with E-state index in [2.05, 4.69) is 44.9 Å². The van der Waals surface area contributed by atoms with Gasteiger partial charge in [0.2, 0.25) is 0 Å². The summed E-state index contributed by atoms with van der Waals surface area (Å²) in [7, 11) is 2.13. The van der Waals surface area contributed by atoms with Gasteiger partial charge in [0.1, 0.15) is 0 Å². The van der Waals surface area contributed by atoms with Crippen molar-refractivity contribution in [2.75, 3.05) is 12.8 Å². The second-order valence-corrected chi connectivity index (χ2v) is 6.92. The second kappa shape index (κ2) is 7.60. The fourth-order valence-electron chi connectivity index (χ4n) is 2.55. The van der Waals surface area contributed by atoms with Crippen molar-refractivity contribution in [2.24, 2.45) is 11.8 Å². The molecule has 3 unspecified atom stereocenters. The first-order chi connectivity index (χ1) is 7.67. The van der Waals surface area contributed by atoms with E-state index >= 15 is 0 Å². The maximum atomic E-state index is 3.52. The highest BCUT2D eigenvalue weighted by Gasteiger charge is 2.28. The number of hydrogen-bond donors (Lipinski definition) is 1. The summed E-state index contributed by atoms with van der Waals surface area (Å²) in [5.41, 5.74) is 0. The van der Waals surface area contributed by atoms with Crippen LogP contribution in [0.5, 0.6) is 0 Å². The van der Waals surface area contributed by atoms with Gasteiger partial charge in [0.05, 0.1) is 0 Å². The van der Waals surface area contributed by atoms with Crippen molar-refractivity contribution in [1.29, 1.82) is 0 Å². The van der Waals surface area contributed by atoms with Crippen LogP contribution in [0.4, 0.5) is 0 Å². The summed E-state index contributed by atoms with van der Waals surface area (Å²) in [6.45, 7) is 7.00. The zero-order valence-electron chi connectivity index (χ0n) is 11.5. The molecule has 1 fully saturated rings. The van der Waals surface area contributed by atoms with Gasteiger partial charge in [0.15, 0.2) is 0 Å². The fraction of sp³-hybridized carbons (Fsp3) is 1.00. The van der Waals surface area contributed by atoms with E-state index in [0.717, 1.165) is 23.1 Å². The zero-order valence-corrected chi connectivity index (χ0v) is 12.3. The van der Waals surface area contributed by atoms with E-state index in [9.17, 15) is 0 Å². The number of hydrogen-bond acceptors (Lipinski definition) is 2. The minimum Gasteiger partial charge on any atom is -0.316 e. The maximum Gasteiger partial charge on any atom is 0.0203 e. The second-order valence-electron chi connectivity index (χ2n) is 5.57. The van der Waals surface area contributed by atoms with Crippen LogP contribution in [0.15, 0.2) is 0 Å². The molecule has 1 nitrogen and oxygen atoms in total. The third-order valence-corrected chi connectivity index (χ3v) is 5.30. The molecule has 1 aliphatic rings. The summed E-state index contributed by atoms with van der Waals surface area (Å²) < 4.78 is 0. The minimum absolute atomic E-state index is 0.764. The maximum absolute atomic E-state index is 3.52.